The van der Waals surface area contributed by atoms with Crippen LogP contribution >= 0.6 is 0 Å². The monoisotopic (exact) mass is 285 g/mol. The van der Waals surface area contributed by atoms with E-state index in [2.05, 4.69) is 15.5 Å². The van der Waals surface area contributed by atoms with Crippen LogP contribution in [0, 0.1) is 0 Å². The van der Waals surface area contributed by atoms with Gasteiger partial charge in [0, 0.05) is 18.0 Å². The molecule has 0 aliphatic rings. The first-order valence-electron chi connectivity index (χ1n) is 6.24. The van der Waals surface area contributed by atoms with Gasteiger partial charge < -0.3 is 9.84 Å². The minimum absolute atomic E-state index is 0.0168. The number of benzene rings is 1. The summed E-state index contributed by atoms with van der Waals surface area (Å²) in [4.78, 5) is 15.7. The number of phenols is 1. The second-order valence-electron chi connectivity index (χ2n) is 4.27. The van der Waals surface area contributed by atoms with Crippen LogP contribution in [0.25, 0.3) is 0 Å². The molecule has 0 aliphatic heterocycles. The number of pyridine rings is 1. The van der Waals surface area contributed by atoms with Gasteiger partial charge in [-0.3, -0.25) is 9.78 Å². The zero-order chi connectivity index (χ0) is 15.2. The van der Waals surface area contributed by atoms with E-state index in [9.17, 15) is 9.90 Å². The second-order valence-corrected chi connectivity index (χ2v) is 4.27. The van der Waals surface area contributed by atoms with E-state index in [1.807, 2.05) is 0 Å². The van der Waals surface area contributed by atoms with Crippen LogP contribution in [-0.4, -0.2) is 28.8 Å². The standard InChI is InChI=1S/C15H15N3O3/c1-10(11-5-6-14(21-2)13(19)8-11)17-18-15(20)12-4-3-7-16-9-12/h3-9,19H,1-2H3,(H,18,20)/b17-10-. The molecule has 1 amide bonds. The van der Waals surface area contributed by atoms with Crippen LogP contribution in [0.15, 0.2) is 47.8 Å². The largest absolute Gasteiger partial charge is 0.504 e. The van der Waals surface area contributed by atoms with Gasteiger partial charge in [-0.1, -0.05) is 0 Å². The maximum absolute atomic E-state index is 11.8. The molecule has 0 saturated carbocycles. The van der Waals surface area contributed by atoms with Gasteiger partial charge >= 0.3 is 0 Å². The van der Waals surface area contributed by atoms with Crippen LogP contribution in [0.5, 0.6) is 11.5 Å². The quantitative estimate of drug-likeness (QED) is 0.664. The average Bonchev–Trinajstić information content (AvgIpc) is 2.53. The third-order valence-corrected chi connectivity index (χ3v) is 2.85. The molecular weight excluding hydrogens is 270 g/mol. The van der Waals surface area contributed by atoms with Gasteiger partial charge in [-0.25, -0.2) is 5.43 Å². The molecule has 2 aromatic rings. The van der Waals surface area contributed by atoms with Crippen molar-refractivity contribution in [2.45, 2.75) is 6.92 Å². The van der Waals surface area contributed by atoms with Crippen molar-refractivity contribution in [2.24, 2.45) is 5.10 Å². The lowest BCUT2D eigenvalue weighted by atomic mass is 10.1. The summed E-state index contributed by atoms with van der Waals surface area (Å²) in [5.41, 5.74) is 4.10. The number of aromatic nitrogens is 1. The molecule has 0 fully saturated rings. The second kappa shape index (κ2) is 6.51. The van der Waals surface area contributed by atoms with Crippen LogP contribution < -0.4 is 10.2 Å². The van der Waals surface area contributed by atoms with Crippen molar-refractivity contribution in [3.63, 3.8) is 0 Å². The summed E-state index contributed by atoms with van der Waals surface area (Å²) in [7, 11) is 1.48. The fourth-order valence-electron chi connectivity index (χ4n) is 1.68. The van der Waals surface area contributed by atoms with Gasteiger partial charge in [-0.15, -0.1) is 0 Å². The highest BCUT2D eigenvalue weighted by molar-refractivity contribution is 6.01. The fraction of sp³-hybridized carbons (Fsp3) is 0.133. The van der Waals surface area contributed by atoms with Crippen molar-refractivity contribution in [3.8, 4) is 11.5 Å². The molecule has 0 bridgehead atoms. The first-order chi connectivity index (χ1) is 10.1. The van der Waals surface area contributed by atoms with Crippen LogP contribution in [-0.2, 0) is 0 Å². The number of ether oxygens (including phenoxy) is 1. The predicted molar refractivity (Wildman–Crippen MR) is 78.6 cm³/mol. The number of methoxy groups -OCH3 is 1. The number of aromatic hydroxyl groups is 1. The van der Waals surface area contributed by atoms with Crippen molar-refractivity contribution in [1.29, 1.82) is 0 Å². The highest BCUT2D eigenvalue weighted by atomic mass is 16.5. The zero-order valence-electron chi connectivity index (χ0n) is 11.7. The maximum Gasteiger partial charge on any atom is 0.272 e. The molecule has 1 aromatic heterocycles. The van der Waals surface area contributed by atoms with Crippen LogP contribution in [0.1, 0.15) is 22.8 Å². The van der Waals surface area contributed by atoms with Crippen molar-refractivity contribution in [1.82, 2.24) is 10.4 Å². The van der Waals surface area contributed by atoms with Gasteiger partial charge in [0.05, 0.1) is 18.4 Å². The van der Waals surface area contributed by atoms with E-state index >= 15 is 0 Å². The normalized spacial score (nSPS) is 11.0. The van der Waals surface area contributed by atoms with E-state index in [0.717, 1.165) is 0 Å². The molecule has 6 heteroatoms. The van der Waals surface area contributed by atoms with Crippen LogP contribution in [0.2, 0.25) is 0 Å². The Hall–Kier alpha value is -2.89. The molecule has 2 rings (SSSR count). The van der Waals surface area contributed by atoms with E-state index in [1.165, 1.54) is 19.4 Å². The number of carbonyl (C=O) groups is 1. The van der Waals surface area contributed by atoms with Gasteiger partial charge in [0.25, 0.3) is 5.91 Å². The Bertz CT molecular complexity index is 669. The highest BCUT2D eigenvalue weighted by Crippen LogP contribution is 2.26. The zero-order valence-corrected chi connectivity index (χ0v) is 11.7. The molecule has 21 heavy (non-hydrogen) atoms. The third kappa shape index (κ3) is 3.56. The lowest BCUT2D eigenvalue weighted by Crippen LogP contribution is -2.19. The summed E-state index contributed by atoms with van der Waals surface area (Å²) in [5, 5.41) is 13.7. The first kappa shape index (κ1) is 14.5. The van der Waals surface area contributed by atoms with E-state index in [1.54, 1.807) is 37.4 Å². The topological polar surface area (TPSA) is 83.8 Å². The summed E-state index contributed by atoms with van der Waals surface area (Å²) in [5.74, 6) is 0.0502. The number of hydrogen-bond donors (Lipinski definition) is 2. The Labute approximate surface area is 122 Å². The number of rotatable bonds is 4. The Morgan fingerprint density at radius 3 is 2.76 bits per heavy atom. The summed E-state index contributed by atoms with van der Waals surface area (Å²) < 4.78 is 4.97. The minimum atomic E-state index is -0.347. The molecule has 0 atom stereocenters. The number of hydrazone groups is 1. The summed E-state index contributed by atoms with van der Waals surface area (Å²) >= 11 is 0. The van der Waals surface area contributed by atoms with Crippen molar-refractivity contribution < 1.29 is 14.6 Å². The van der Waals surface area contributed by atoms with Crippen molar-refractivity contribution >= 4 is 11.6 Å². The Morgan fingerprint density at radius 2 is 2.14 bits per heavy atom. The minimum Gasteiger partial charge on any atom is -0.504 e. The molecule has 0 unspecified atom stereocenters. The average molecular weight is 285 g/mol. The van der Waals surface area contributed by atoms with Gasteiger partial charge in [0.1, 0.15) is 0 Å². The smallest absolute Gasteiger partial charge is 0.272 e. The number of carbonyl (C=O) groups excluding carboxylic acids is 1. The first-order valence-corrected chi connectivity index (χ1v) is 6.24. The predicted octanol–water partition coefficient (Wildman–Crippen LogP) is 1.95. The Balaban J connectivity index is 2.11. The molecule has 0 radical (unpaired) electrons. The van der Waals surface area contributed by atoms with Gasteiger partial charge in [0.15, 0.2) is 11.5 Å². The molecule has 1 aromatic carbocycles. The van der Waals surface area contributed by atoms with Crippen molar-refractivity contribution in [3.05, 3.63) is 53.9 Å². The van der Waals surface area contributed by atoms with Gasteiger partial charge in [-0.05, 0) is 37.3 Å². The summed E-state index contributed by atoms with van der Waals surface area (Å²) in [6.45, 7) is 1.73. The Morgan fingerprint density at radius 1 is 1.33 bits per heavy atom. The van der Waals surface area contributed by atoms with Crippen LogP contribution in [0.4, 0.5) is 0 Å². The highest BCUT2D eigenvalue weighted by Gasteiger charge is 2.07. The molecule has 0 spiro atoms. The Kier molecular flexibility index (Phi) is 4.50. The lowest BCUT2D eigenvalue weighted by molar-refractivity contribution is 0.0954. The molecule has 2 N–H and O–H groups in total. The number of nitrogens with one attached hydrogen (secondary N) is 1. The van der Waals surface area contributed by atoms with E-state index in [4.69, 9.17) is 4.74 Å². The molecule has 0 aliphatic carbocycles. The number of phenolic OH excluding ortho intramolecular Hbond substituents is 1. The van der Waals surface area contributed by atoms with E-state index < -0.39 is 0 Å². The van der Waals surface area contributed by atoms with E-state index in [-0.39, 0.29) is 11.7 Å². The third-order valence-electron chi connectivity index (χ3n) is 2.85. The van der Waals surface area contributed by atoms with Gasteiger partial charge in [0.2, 0.25) is 0 Å². The summed E-state index contributed by atoms with van der Waals surface area (Å²) in [6.07, 6.45) is 3.05. The van der Waals surface area contributed by atoms with Crippen molar-refractivity contribution in [2.75, 3.05) is 7.11 Å². The molecule has 1 heterocycles. The fourth-order valence-corrected chi connectivity index (χ4v) is 1.68. The van der Waals surface area contributed by atoms with Crippen LogP contribution in [0.3, 0.4) is 0 Å². The number of nitrogens with zero attached hydrogens (tertiary/aromatic N) is 2. The molecule has 108 valence electrons. The van der Waals surface area contributed by atoms with E-state index in [0.29, 0.717) is 22.6 Å². The number of amides is 1. The van der Waals surface area contributed by atoms with Gasteiger partial charge in [-0.2, -0.15) is 5.10 Å². The SMILES string of the molecule is COc1ccc(/C(C)=N\NC(=O)c2cccnc2)cc1O. The molecule has 6 nitrogen and oxygen atoms in total. The summed E-state index contributed by atoms with van der Waals surface area (Å²) in [6, 6.07) is 8.22. The molecular formula is C15H15N3O3. The maximum atomic E-state index is 11.8. The lowest BCUT2D eigenvalue weighted by Gasteiger charge is -2.06. The molecule has 0 saturated heterocycles. The number of hydrogen-bond acceptors (Lipinski definition) is 5.